The Kier molecular flexibility index (Phi) is 2.55. The highest BCUT2D eigenvalue weighted by atomic mass is 19.4. The van der Waals surface area contributed by atoms with Gasteiger partial charge in [0.1, 0.15) is 0 Å². The number of H-pyrrole nitrogens is 1. The summed E-state index contributed by atoms with van der Waals surface area (Å²) in [7, 11) is 0. The van der Waals surface area contributed by atoms with Crippen LogP contribution in [-0.4, -0.2) is 9.97 Å². The van der Waals surface area contributed by atoms with E-state index in [9.17, 15) is 13.2 Å². The normalized spacial score (nSPS) is 11.9. The monoisotopic (exact) mass is 262 g/mol. The van der Waals surface area contributed by atoms with Crippen molar-refractivity contribution in [2.24, 2.45) is 0 Å². The van der Waals surface area contributed by atoms with Crippen molar-refractivity contribution in [3.8, 4) is 11.1 Å². The van der Waals surface area contributed by atoms with Crippen LogP contribution in [0.15, 0.2) is 48.8 Å². The van der Waals surface area contributed by atoms with E-state index >= 15 is 0 Å². The predicted octanol–water partition coefficient (Wildman–Crippen LogP) is 4.25. The topological polar surface area (TPSA) is 28.7 Å². The first-order valence-electron chi connectivity index (χ1n) is 5.65. The van der Waals surface area contributed by atoms with E-state index < -0.39 is 11.7 Å². The molecule has 0 saturated carbocycles. The average Bonchev–Trinajstić information content (AvgIpc) is 2.86. The molecule has 0 spiro atoms. The first-order valence-corrected chi connectivity index (χ1v) is 5.65. The lowest BCUT2D eigenvalue weighted by Gasteiger charge is -2.09. The zero-order valence-corrected chi connectivity index (χ0v) is 9.70. The van der Waals surface area contributed by atoms with Gasteiger partial charge in [0.2, 0.25) is 0 Å². The lowest BCUT2D eigenvalue weighted by molar-refractivity contribution is -0.137. The van der Waals surface area contributed by atoms with E-state index in [4.69, 9.17) is 0 Å². The van der Waals surface area contributed by atoms with E-state index in [2.05, 4.69) is 9.97 Å². The molecule has 0 fully saturated rings. The van der Waals surface area contributed by atoms with E-state index in [1.165, 1.54) is 12.4 Å². The number of hydrogen-bond donors (Lipinski definition) is 1. The molecule has 5 heteroatoms. The molecule has 1 heterocycles. The van der Waals surface area contributed by atoms with Crippen LogP contribution in [0, 0.1) is 0 Å². The highest BCUT2D eigenvalue weighted by Crippen LogP contribution is 2.33. The minimum Gasteiger partial charge on any atom is -0.345 e. The average molecular weight is 262 g/mol. The third kappa shape index (κ3) is 2.07. The molecule has 0 amide bonds. The molecule has 0 unspecified atom stereocenters. The minimum atomic E-state index is -4.34. The second kappa shape index (κ2) is 4.12. The maximum absolute atomic E-state index is 12.7. The number of rotatable bonds is 1. The standard InChI is InChI=1S/C14H9F3N2/c15-14(16,17)10-4-1-3-9(7-10)11-5-2-6-12-13(11)19-8-18-12/h1-8H,(H,18,19). The molecule has 1 N–H and O–H groups in total. The quantitative estimate of drug-likeness (QED) is 0.697. The summed E-state index contributed by atoms with van der Waals surface area (Å²) in [5.41, 5.74) is 2.01. The third-order valence-electron chi connectivity index (χ3n) is 2.95. The summed E-state index contributed by atoms with van der Waals surface area (Å²) in [5.74, 6) is 0. The van der Waals surface area contributed by atoms with Gasteiger partial charge in [-0.15, -0.1) is 0 Å². The van der Waals surface area contributed by atoms with Crippen LogP contribution in [0.1, 0.15) is 5.56 Å². The van der Waals surface area contributed by atoms with Crippen molar-refractivity contribution < 1.29 is 13.2 Å². The molecule has 3 rings (SSSR count). The third-order valence-corrected chi connectivity index (χ3v) is 2.95. The second-order valence-electron chi connectivity index (χ2n) is 4.18. The Hall–Kier alpha value is -2.30. The van der Waals surface area contributed by atoms with Crippen LogP contribution in [0.2, 0.25) is 0 Å². The SMILES string of the molecule is FC(F)(F)c1cccc(-c2cccc3[nH]cnc23)c1. The molecule has 96 valence electrons. The maximum Gasteiger partial charge on any atom is 0.416 e. The van der Waals surface area contributed by atoms with Crippen LogP contribution in [0.4, 0.5) is 13.2 Å². The largest absolute Gasteiger partial charge is 0.416 e. The van der Waals surface area contributed by atoms with Gasteiger partial charge >= 0.3 is 6.18 Å². The number of para-hydroxylation sites is 1. The van der Waals surface area contributed by atoms with Crippen molar-refractivity contribution in [1.29, 1.82) is 0 Å². The van der Waals surface area contributed by atoms with Crippen LogP contribution < -0.4 is 0 Å². The van der Waals surface area contributed by atoms with Gasteiger partial charge < -0.3 is 4.98 Å². The number of nitrogens with zero attached hydrogens (tertiary/aromatic N) is 1. The lowest BCUT2D eigenvalue weighted by Crippen LogP contribution is -2.04. The maximum atomic E-state index is 12.7. The number of aromatic amines is 1. The molecule has 0 atom stereocenters. The highest BCUT2D eigenvalue weighted by Gasteiger charge is 2.30. The number of alkyl halides is 3. The fourth-order valence-corrected chi connectivity index (χ4v) is 2.06. The highest BCUT2D eigenvalue weighted by molar-refractivity contribution is 5.91. The van der Waals surface area contributed by atoms with Gasteiger partial charge in [0, 0.05) is 5.56 Å². The Labute approximate surface area is 106 Å². The zero-order valence-electron chi connectivity index (χ0n) is 9.70. The number of hydrogen-bond acceptors (Lipinski definition) is 1. The molecule has 1 aromatic heterocycles. The molecule has 2 nitrogen and oxygen atoms in total. The Morgan fingerprint density at radius 1 is 1.00 bits per heavy atom. The van der Waals surface area contributed by atoms with Crippen LogP contribution in [0.25, 0.3) is 22.2 Å². The molecule has 2 aromatic carbocycles. The van der Waals surface area contributed by atoms with Crippen molar-refractivity contribution in [3.05, 3.63) is 54.4 Å². The second-order valence-corrected chi connectivity index (χ2v) is 4.18. The van der Waals surface area contributed by atoms with E-state index in [-0.39, 0.29) is 0 Å². The van der Waals surface area contributed by atoms with Crippen LogP contribution in [-0.2, 0) is 6.18 Å². The molecular weight excluding hydrogens is 253 g/mol. The first-order chi connectivity index (χ1) is 9.05. The summed E-state index contributed by atoms with van der Waals surface area (Å²) in [6, 6.07) is 10.6. The van der Waals surface area contributed by atoms with Crippen LogP contribution in [0.3, 0.4) is 0 Å². The molecule has 0 aliphatic carbocycles. The molecule has 0 bridgehead atoms. The van der Waals surface area contributed by atoms with Gasteiger partial charge in [-0.3, -0.25) is 0 Å². The smallest absolute Gasteiger partial charge is 0.345 e. The summed E-state index contributed by atoms with van der Waals surface area (Å²) in [6.45, 7) is 0. The van der Waals surface area contributed by atoms with Crippen molar-refractivity contribution in [2.45, 2.75) is 6.18 Å². The first kappa shape index (κ1) is 11.8. The summed E-state index contributed by atoms with van der Waals surface area (Å²) in [6.07, 6.45) is -2.81. The van der Waals surface area contributed by atoms with Gasteiger partial charge in [-0.25, -0.2) is 4.98 Å². The van der Waals surface area contributed by atoms with E-state index in [0.717, 1.165) is 17.6 Å². The molecular formula is C14H9F3N2. The van der Waals surface area contributed by atoms with Gasteiger partial charge in [0.25, 0.3) is 0 Å². The number of benzene rings is 2. The molecule has 0 radical (unpaired) electrons. The van der Waals surface area contributed by atoms with Crippen LogP contribution >= 0.6 is 0 Å². The predicted molar refractivity (Wildman–Crippen MR) is 66.5 cm³/mol. The van der Waals surface area contributed by atoms with Gasteiger partial charge in [0.05, 0.1) is 22.9 Å². The van der Waals surface area contributed by atoms with Crippen molar-refractivity contribution in [2.75, 3.05) is 0 Å². The number of imidazole rings is 1. The molecule has 0 aliphatic rings. The minimum absolute atomic E-state index is 0.507. The molecule has 3 aromatic rings. The number of nitrogens with one attached hydrogen (secondary N) is 1. The van der Waals surface area contributed by atoms with Crippen molar-refractivity contribution in [3.63, 3.8) is 0 Å². The summed E-state index contributed by atoms with van der Waals surface area (Å²) >= 11 is 0. The van der Waals surface area contributed by atoms with Crippen molar-refractivity contribution in [1.82, 2.24) is 9.97 Å². The Morgan fingerprint density at radius 3 is 2.58 bits per heavy atom. The molecule has 19 heavy (non-hydrogen) atoms. The van der Waals surface area contributed by atoms with Gasteiger partial charge in [-0.1, -0.05) is 24.3 Å². The van der Waals surface area contributed by atoms with Gasteiger partial charge in [-0.05, 0) is 23.8 Å². The van der Waals surface area contributed by atoms with Crippen molar-refractivity contribution >= 4 is 11.0 Å². The Morgan fingerprint density at radius 2 is 1.79 bits per heavy atom. The summed E-state index contributed by atoms with van der Waals surface area (Å²) < 4.78 is 38.1. The number of fused-ring (bicyclic) bond motifs is 1. The van der Waals surface area contributed by atoms with E-state index in [1.807, 2.05) is 6.07 Å². The lowest BCUT2D eigenvalue weighted by atomic mass is 10.0. The number of aromatic nitrogens is 2. The van der Waals surface area contributed by atoms with Gasteiger partial charge in [-0.2, -0.15) is 13.2 Å². The van der Waals surface area contributed by atoms with Gasteiger partial charge in [0.15, 0.2) is 0 Å². The van der Waals surface area contributed by atoms with E-state index in [0.29, 0.717) is 16.6 Å². The summed E-state index contributed by atoms with van der Waals surface area (Å²) in [4.78, 5) is 7.09. The molecule has 0 aliphatic heterocycles. The molecule has 0 saturated heterocycles. The summed E-state index contributed by atoms with van der Waals surface area (Å²) in [5, 5.41) is 0. The Balaban J connectivity index is 2.19. The van der Waals surface area contributed by atoms with E-state index in [1.54, 1.807) is 18.2 Å². The van der Waals surface area contributed by atoms with Crippen LogP contribution in [0.5, 0.6) is 0 Å². The number of halogens is 3. The zero-order chi connectivity index (χ0) is 13.5. The fraction of sp³-hybridized carbons (Fsp3) is 0.0714. The fourth-order valence-electron chi connectivity index (χ4n) is 2.06. The Bertz CT molecular complexity index is 729.